The van der Waals surface area contributed by atoms with E-state index in [1.807, 2.05) is 13.0 Å². The fourth-order valence-corrected chi connectivity index (χ4v) is 6.45. The van der Waals surface area contributed by atoms with Gasteiger partial charge in [-0.1, -0.05) is 69.8 Å². The topological polar surface area (TPSA) is 72.9 Å². The minimum atomic E-state index is -2.21. The Morgan fingerprint density at radius 1 is 1.14 bits per heavy atom. The summed E-state index contributed by atoms with van der Waals surface area (Å²) in [5, 5.41) is -0.863. The Bertz CT molecular complexity index is 990. The molecule has 0 saturated carbocycles. The summed E-state index contributed by atoms with van der Waals surface area (Å²) in [5.41, 5.74) is 1.21. The van der Waals surface area contributed by atoms with E-state index in [-0.39, 0.29) is 34.5 Å². The zero-order valence-electron chi connectivity index (χ0n) is 22.3. The Morgan fingerprint density at radius 3 is 2.19 bits per heavy atom. The third-order valence-electron chi connectivity index (χ3n) is 6.62. The van der Waals surface area contributed by atoms with Gasteiger partial charge in [0.05, 0.1) is 12.0 Å². The van der Waals surface area contributed by atoms with Gasteiger partial charge in [0.1, 0.15) is 22.5 Å². The number of ether oxygens (including phenoxy) is 1. The number of halogens is 2. The second-order valence-corrected chi connectivity index (χ2v) is 17.7. The van der Waals surface area contributed by atoms with Crippen LogP contribution in [0.2, 0.25) is 18.1 Å². The number of alkyl halides is 2. The van der Waals surface area contributed by atoms with Gasteiger partial charge in [0.2, 0.25) is 11.0 Å². The number of rotatable bonds is 10. The van der Waals surface area contributed by atoms with Crippen LogP contribution in [0.15, 0.2) is 41.6 Å². The average Bonchev–Trinajstić information content (AvgIpc) is 2.79. The summed E-state index contributed by atoms with van der Waals surface area (Å²) in [7, 11) is -2.21. The van der Waals surface area contributed by atoms with Gasteiger partial charge >= 0.3 is 5.97 Å². The summed E-state index contributed by atoms with van der Waals surface area (Å²) in [5.74, 6) is -1.55. The predicted octanol–water partition coefficient (Wildman–Crippen LogP) is 6.79. The molecule has 10 heteroatoms. The molecule has 1 aliphatic rings. The van der Waals surface area contributed by atoms with Crippen LogP contribution in [0, 0.1) is 5.92 Å². The molecule has 1 amide bonds. The molecule has 0 aliphatic carbocycles. The van der Waals surface area contributed by atoms with Crippen LogP contribution >= 0.6 is 35.0 Å². The molecule has 200 valence electrons. The number of carbonyl (C=O) groups excluding carboxylic acids is 3. The third kappa shape index (κ3) is 7.16. The van der Waals surface area contributed by atoms with Gasteiger partial charge in [0.25, 0.3) is 0 Å². The molecule has 6 nitrogen and oxygen atoms in total. The molecule has 1 aliphatic heterocycles. The summed E-state index contributed by atoms with van der Waals surface area (Å²) < 4.78 is 11.9. The van der Waals surface area contributed by atoms with Gasteiger partial charge in [-0.05, 0) is 44.0 Å². The molecular weight excluding hydrogens is 537 g/mol. The van der Waals surface area contributed by atoms with Gasteiger partial charge in [-0.15, -0.1) is 23.2 Å². The molecule has 1 aromatic carbocycles. The number of hydrogen-bond donors (Lipinski definition) is 0. The quantitative estimate of drug-likeness (QED) is 0.101. The minimum Gasteiger partial charge on any atom is -0.458 e. The van der Waals surface area contributed by atoms with E-state index >= 15 is 0 Å². The maximum atomic E-state index is 13.7. The Labute approximate surface area is 230 Å². The molecule has 2 rings (SSSR count). The first-order valence-electron chi connectivity index (χ1n) is 12.0. The normalized spacial score (nSPS) is 19.1. The van der Waals surface area contributed by atoms with Crippen molar-refractivity contribution in [1.82, 2.24) is 4.90 Å². The molecule has 1 heterocycles. The van der Waals surface area contributed by atoms with Crippen LogP contribution in [0.5, 0.6) is 0 Å². The van der Waals surface area contributed by atoms with Crippen LogP contribution in [0.1, 0.15) is 58.3 Å². The van der Waals surface area contributed by atoms with Crippen molar-refractivity contribution in [3.63, 3.8) is 0 Å². The molecule has 0 bridgehead atoms. The summed E-state index contributed by atoms with van der Waals surface area (Å²) >= 11 is 12.5. The molecule has 0 spiro atoms. The lowest BCUT2D eigenvalue weighted by Crippen LogP contribution is -2.65. The second-order valence-electron chi connectivity index (χ2n) is 10.6. The molecular formula is C26H37Cl2NO5SSi. The second kappa shape index (κ2) is 12.5. The van der Waals surface area contributed by atoms with E-state index in [2.05, 4.69) is 33.9 Å². The van der Waals surface area contributed by atoms with Crippen molar-refractivity contribution in [1.29, 1.82) is 0 Å². The largest absolute Gasteiger partial charge is 0.458 e. The van der Waals surface area contributed by atoms with Crippen LogP contribution in [0.3, 0.4) is 0 Å². The number of benzene rings is 1. The molecule has 0 radical (unpaired) electrons. The molecule has 1 saturated heterocycles. The molecule has 1 aromatic rings. The summed E-state index contributed by atoms with van der Waals surface area (Å²) in [4.78, 5) is 40.3. The standard InChI is InChI=1S/C26H37Cl2NO5SSi/c1-9-18(34-36(7,8)26(4,5)6)20-22(30)29(21(16(2)3)24(31)33-15-19(27)28)23(20)35-25(32)17-13-11-10-12-14-17/h10-14,18-20,23H,9,15H2,1-8H3/t18?,20-,23-/m1/s1. The van der Waals surface area contributed by atoms with E-state index in [1.54, 1.807) is 38.1 Å². The zero-order chi connectivity index (χ0) is 27.4. The summed E-state index contributed by atoms with van der Waals surface area (Å²) in [6.07, 6.45) is 0.211. The Balaban J connectivity index is 2.45. The van der Waals surface area contributed by atoms with E-state index in [0.29, 0.717) is 17.6 Å². The van der Waals surface area contributed by atoms with Crippen molar-refractivity contribution in [2.45, 2.75) is 82.4 Å². The van der Waals surface area contributed by atoms with Gasteiger partial charge in [-0.2, -0.15) is 0 Å². The van der Waals surface area contributed by atoms with Crippen LogP contribution in [0.25, 0.3) is 0 Å². The van der Waals surface area contributed by atoms with Crippen molar-refractivity contribution in [2.75, 3.05) is 6.61 Å². The maximum Gasteiger partial charge on any atom is 0.355 e. The monoisotopic (exact) mass is 573 g/mol. The summed E-state index contributed by atoms with van der Waals surface area (Å²) in [6.45, 7) is 15.9. The van der Waals surface area contributed by atoms with Crippen LogP contribution in [0.4, 0.5) is 0 Å². The smallest absolute Gasteiger partial charge is 0.355 e. The van der Waals surface area contributed by atoms with Crippen LogP contribution < -0.4 is 0 Å². The Kier molecular flexibility index (Phi) is 10.7. The van der Waals surface area contributed by atoms with Crippen molar-refractivity contribution < 1.29 is 23.5 Å². The number of esters is 1. The van der Waals surface area contributed by atoms with E-state index < -0.39 is 30.4 Å². The highest BCUT2D eigenvalue weighted by Gasteiger charge is 2.56. The van der Waals surface area contributed by atoms with Crippen molar-refractivity contribution >= 4 is 60.3 Å². The SMILES string of the molecule is CCC(O[Si](C)(C)C(C)(C)C)[C@@H]1C(=O)N(C(C(=O)OCC(Cl)Cl)=C(C)C)[C@@H]1SC(=O)c1ccccc1. The number of likely N-dealkylation sites (tertiary alicyclic amines) is 1. The number of hydrogen-bond acceptors (Lipinski definition) is 6. The van der Waals surface area contributed by atoms with Crippen LogP contribution in [-0.4, -0.2) is 53.1 Å². The number of thioether (sulfide) groups is 1. The highest BCUT2D eigenvalue weighted by atomic mass is 35.5. The molecule has 0 N–H and O–H groups in total. The average molecular weight is 575 g/mol. The van der Waals surface area contributed by atoms with E-state index in [9.17, 15) is 14.4 Å². The minimum absolute atomic E-state index is 0.0516. The molecule has 0 aromatic heterocycles. The zero-order valence-corrected chi connectivity index (χ0v) is 25.6. The number of carbonyl (C=O) groups is 3. The van der Waals surface area contributed by atoms with Crippen molar-refractivity contribution in [2.24, 2.45) is 5.92 Å². The third-order valence-corrected chi connectivity index (χ3v) is 12.6. The molecule has 1 unspecified atom stereocenters. The van der Waals surface area contributed by atoms with Crippen molar-refractivity contribution in [3.05, 3.63) is 47.2 Å². The Hall–Kier alpha value is -1.32. The Morgan fingerprint density at radius 2 is 1.72 bits per heavy atom. The van der Waals surface area contributed by atoms with E-state index in [1.165, 1.54) is 4.90 Å². The molecule has 3 atom stereocenters. The van der Waals surface area contributed by atoms with Gasteiger partial charge < -0.3 is 9.16 Å². The maximum absolute atomic E-state index is 13.7. The number of nitrogens with zero attached hydrogens (tertiary/aromatic N) is 1. The van der Waals surface area contributed by atoms with E-state index in [0.717, 1.165) is 11.8 Å². The highest BCUT2D eigenvalue weighted by Crippen LogP contribution is 2.46. The van der Waals surface area contributed by atoms with Gasteiger partial charge in [-0.25, -0.2) is 4.79 Å². The van der Waals surface area contributed by atoms with Gasteiger partial charge in [0, 0.05) is 5.56 Å². The predicted molar refractivity (Wildman–Crippen MR) is 150 cm³/mol. The first kappa shape index (κ1) is 30.9. The van der Waals surface area contributed by atoms with E-state index in [4.69, 9.17) is 32.4 Å². The van der Waals surface area contributed by atoms with Crippen molar-refractivity contribution in [3.8, 4) is 0 Å². The number of β-lactam (4-membered cyclic amide) rings is 1. The van der Waals surface area contributed by atoms with Crippen LogP contribution in [-0.2, 0) is 18.8 Å². The lowest BCUT2D eigenvalue weighted by atomic mass is 9.89. The molecule has 1 fully saturated rings. The highest BCUT2D eigenvalue weighted by molar-refractivity contribution is 8.14. The van der Waals surface area contributed by atoms with Gasteiger partial charge in [0.15, 0.2) is 8.32 Å². The number of allylic oxidation sites excluding steroid dienone is 1. The fraction of sp³-hybridized carbons (Fsp3) is 0.577. The lowest BCUT2D eigenvalue weighted by Gasteiger charge is -2.51. The van der Waals surface area contributed by atoms with Gasteiger partial charge in [-0.3, -0.25) is 14.5 Å². The summed E-state index contributed by atoms with van der Waals surface area (Å²) in [6, 6.07) is 8.88. The lowest BCUT2D eigenvalue weighted by molar-refractivity contribution is -0.159. The fourth-order valence-electron chi connectivity index (χ4n) is 3.66. The first-order valence-corrected chi connectivity index (χ1v) is 16.7. The first-order chi connectivity index (χ1) is 16.6. The number of amides is 1. The molecule has 36 heavy (non-hydrogen) atoms.